The van der Waals surface area contributed by atoms with Crippen LogP contribution in [0, 0.1) is 0 Å². The summed E-state index contributed by atoms with van der Waals surface area (Å²) in [7, 11) is 0. The van der Waals surface area contributed by atoms with Crippen LogP contribution in [0.15, 0.2) is 52.5 Å². The highest BCUT2D eigenvalue weighted by Crippen LogP contribution is 2.34. The maximum Gasteiger partial charge on any atom is 0.251 e. The first-order valence-corrected chi connectivity index (χ1v) is 9.46. The molecule has 0 fully saturated rings. The van der Waals surface area contributed by atoms with Gasteiger partial charge in [0.2, 0.25) is 6.79 Å². The summed E-state index contributed by atoms with van der Waals surface area (Å²) in [6.07, 6.45) is 0. The third-order valence-electron chi connectivity index (χ3n) is 4.07. The molecule has 128 valence electrons. The van der Waals surface area contributed by atoms with E-state index in [1.165, 1.54) is 22.7 Å². The standard InChI is InChI=1S/C18H15NO4S2/c20-17(12-3-4-14-15(8-12)23-11-22-14)19-10-18(21,13-5-7-24-9-13)16-2-1-6-25-16/h1-9,21H,10-11H2,(H,19,20)/t18-/m1/s1. The topological polar surface area (TPSA) is 67.8 Å². The van der Waals surface area contributed by atoms with Crippen molar-refractivity contribution in [2.24, 2.45) is 0 Å². The third-order valence-corrected chi connectivity index (χ3v) is 5.77. The summed E-state index contributed by atoms with van der Waals surface area (Å²) in [5.41, 5.74) is -0.0192. The van der Waals surface area contributed by atoms with Crippen LogP contribution in [0.4, 0.5) is 0 Å². The zero-order valence-electron chi connectivity index (χ0n) is 13.1. The Hall–Kier alpha value is -2.35. The molecule has 0 saturated carbocycles. The van der Waals surface area contributed by atoms with Crippen LogP contribution in [0.3, 0.4) is 0 Å². The summed E-state index contributed by atoms with van der Waals surface area (Å²) in [5, 5.41) is 19.8. The third kappa shape index (κ3) is 3.02. The molecule has 1 aliphatic heterocycles. The molecule has 0 spiro atoms. The van der Waals surface area contributed by atoms with Gasteiger partial charge in [0.1, 0.15) is 5.60 Å². The van der Waals surface area contributed by atoms with Gasteiger partial charge in [-0.25, -0.2) is 0 Å². The lowest BCUT2D eigenvalue weighted by molar-refractivity contribution is 0.0721. The monoisotopic (exact) mass is 373 g/mol. The molecule has 2 aromatic heterocycles. The lowest BCUT2D eigenvalue weighted by atomic mass is 9.94. The highest BCUT2D eigenvalue weighted by atomic mass is 32.1. The highest BCUT2D eigenvalue weighted by molar-refractivity contribution is 7.10. The predicted octanol–water partition coefficient (Wildman–Crippen LogP) is 3.20. The molecule has 1 aliphatic rings. The van der Waals surface area contributed by atoms with Crippen molar-refractivity contribution in [2.75, 3.05) is 13.3 Å². The van der Waals surface area contributed by atoms with Gasteiger partial charge in [-0.2, -0.15) is 11.3 Å². The molecule has 1 aromatic carbocycles. The molecule has 25 heavy (non-hydrogen) atoms. The molecular formula is C18H15NO4S2. The molecule has 0 saturated heterocycles. The number of amides is 1. The van der Waals surface area contributed by atoms with Crippen molar-refractivity contribution in [2.45, 2.75) is 5.60 Å². The van der Waals surface area contributed by atoms with Gasteiger partial charge in [-0.05, 0) is 46.5 Å². The number of carbonyl (C=O) groups excluding carboxylic acids is 1. The van der Waals surface area contributed by atoms with E-state index in [2.05, 4.69) is 5.32 Å². The average Bonchev–Trinajstić information content (AvgIpc) is 3.40. The fourth-order valence-electron chi connectivity index (χ4n) is 2.69. The predicted molar refractivity (Wildman–Crippen MR) is 96.5 cm³/mol. The van der Waals surface area contributed by atoms with E-state index in [1.807, 2.05) is 34.3 Å². The molecule has 4 rings (SSSR count). The molecule has 3 heterocycles. The Kier molecular flexibility index (Phi) is 4.20. The number of thiophene rings is 2. The Bertz CT molecular complexity index is 840. The van der Waals surface area contributed by atoms with Crippen LogP contribution in [0.5, 0.6) is 11.5 Å². The first kappa shape index (κ1) is 16.1. The number of aliphatic hydroxyl groups is 1. The van der Waals surface area contributed by atoms with Gasteiger partial charge in [-0.15, -0.1) is 11.3 Å². The maximum absolute atomic E-state index is 12.5. The van der Waals surface area contributed by atoms with Crippen LogP contribution in [-0.4, -0.2) is 24.4 Å². The van der Waals surface area contributed by atoms with E-state index in [-0.39, 0.29) is 19.2 Å². The van der Waals surface area contributed by atoms with Gasteiger partial charge in [-0.3, -0.25) is 4.79 Å². The lowest BCUT2D eigenvalue weighted by Crippen LogP contribution is -2.40. The van der Waals surface area contributed by atoms with E-state index in [1.54, 1.807) is 18.2 Å². The van der Waals surface area contributed by atoms with E-state index in [4.69, 9.17) is 9.47 Å². The number of rotatable bonds is 5. The van der Waals surface area contributed by atoms with Crippen LogP contribution >= 0.6 is 22.7 Å². The molecule has 5 nitrogen and oxygen atoms in total. The number of hydrogen-bond donors (Lipinski definition) is 2. The Morgan fingerprint density at radius 2 is 2.08 bits per heavy atom. The number of carbonyl (C=O) groups is 1. The van der Waals surface area contributed by atoms with Crippen molar-refractivity contribution in [3.05, 3.63) is 68.5 Å². The molecule has 2 N–H and O–H groups in total. The number of nitrogens with one attached hydrogen (secondary N) is 1. The lowest BCUT2D eigenvalue weighted by Gasteiger charge is -2.27. The average molecular weight is 373 g/mol. The molecule has 0 radical (unpaired) electrons. The maximum atomic E-state index is 12.5. The van der Waals surface area contributed by atoms with Crippen molar-refractivity contribution < 1.29 is 19.4 Å². The van der Waals surface area contributed by atoms with Crippen LogP contribution in [-0.2, 0) is 5.60 Å². The second kappa shape index (κ2) is 6.51. The minimum absolute atomic E-state index is 0.0809. The zero-order valence-corrected chi connectivity index (χ0v) is 14.7. The van der Waals surface area contributed by atoms with E-state index in [9.17, 15) is 9.90 Å². The van der Waals surface area contributed by atoms with Gasteiger partial charge in [0, 0.05) is 16.0 Å². The summed E-state index contributed by atoms with van der Waals surface area (Å²) in [6.45, 7) is 0.244. The summed E-state index contributed by atoms with van der Waals surface area (Å²) < 4.78 is 10.6. The van der Waals surface area contributed by atoms with E-state index >= 15 is 0 Å². The fraction of sp³-hybridized carbons (Fsp3) is 0.167. The zero-order chi connectivity index (χ0) is 17.3. The van der Waals surface area contributed by atoms with Gasteiger partial charge in [-0.1, -0.05) is 6.07 Å². The van der Waals surface area contributed by atoms with E-state index in [0.717, 1.165) is 10.4 Å². The summed E-state index contributed by atoms with van der Waals surface area (Å²) in [6, 6.07) is 10.7. The minimum Gasteiger partial charge on any atom is -0.454 e. The second-order valence-corrected chi connectivity index (χ2v) is 7.33. The number of ether oxygens (including phenoxy) is 2. The smallest absolute Gasteiger partial charge is 0.251 e. The number of fused-ring (bicyclic) bond motifs is 1. The fourth-order valence-corrected chi connectivity index (χ4v) is 4.26. The van der Waals surface area contributed by atoms with Gasteiger partial charge in [0.25, 0.3) is 5.91 Å². The van der Waals surface area contributed by atoms with E-state index < -0.39 is 5.60 Å². The first-order valence-electron chi connectivity index (χ1n) is 7.64. The molecular weight excluding hydrogens is 358 g/mol. The van der Waals surface area contributed by atoms with Crippen molar-refractivity contribution in [1.29, 1.82) is 0 Å². The second-order valence-electron chi connectivity index (χ2n) is 5.60. The molecule has 3 aromatic rings. The Morgan fingerprint density at radius 1 is 1.20 bits per heavy atom. The van der Waals surface area contributed by atoms with E-state index in [0.29, 0.717) is 17.1 Å². The van der Waals surface area contributed by atoms with Crippen LogP contribution in [0.1, 0.15) is 20.8 Å². The first-order chi connectivity index (χ1) is 12.2. The number of hydrogen-bond acceptors (Lipinski definition) is 6. The van der Waals surface area contributed by atoms with Gasteiger partial charge < -0.3 is 19.9 Å². The summed E-state index contributed by atoms with van der Waals surface area (Å²) >= 11 is 2.97. The molecule has 0 unspecified atom stereocenters. The molecule has 1 amide bonds. The molecule has 1 atom stereocenters. The van der Waals surface area contributed by atoms with Crippen molar-refractivity contribution >= 4 is 28.6 Å². The van der Waals surface area contributed by atoms with Crippen LogP contribution in [0.2, 0.25) is 0 Å². The minimum atomic E-state index is -1.25. The largest absolute Gasteiger partial charge is 0.454 e. The van der Waals surface area contributed by atoms with Crippen molar-refractivity contribution in [3.8, 4) is 11.5 Å². The summed E-state index contributed by atoms with van der Waals surface area (Å²) in [4.78, 5) is 13.3. The van der Waals surface area contributed by atoms with Gasteiger partial charge in [0.05, 0.1) is 6.54 Å². The highest BCUT2D eigenvalue weighted by Gasteiger charge is 2.33. The van der Waals surface area contributed by atoms with Crippen molar-refractivity contribution in [3.63, 3.8) is 0 Å². The molecule has 0 aliphatic carbocycles. The van der Waals surface area contributed by atoms with Crippen LogP contribution < -0.4 is 14.8 Å². The van der Waals surface area contributed by atoms with Crippen molar-refractivity contribution in [1.82, 2.24) is 5.32 Å². The quantitative estimate of drug-likeness (QED) is 0.721. The molecule has 7 heteroatoms. The van der Waals surface area contributed by atoms with Crippen LogP contribution in [0.25, 0.3) is 0 Å². The molecule has 0 bridgehead atoms. The van der Waals surface area contributed by atoms with Gasteiger partial charge in [0.15, 0.2) is 11.5 Å². The van der Waals surface area contributed by atoms with Gasteiger partial charge >= 0.3 is 0 Å². The number of benzene rings is 1. The Morgan fingerprint density at radius 3 is 2.84 bits per heavy atom. The Labute approximate surface area is 152 Å². The summed E-state index contributed by atoms with van der Waals surface area (Å²) in [5.74, 6) is 0.910. The Balaban J connectivity index is 1.55. The normalized spacial score (nSPS) is 14.9. The SMILES string of the molecule is O=C(NC[C@@](O)(c1ccsc1)c1cccs1)c1ccc2c(c1)OCO2.